The molecule has 0 radical (unpaired) electrons. The maximum absolute atomic E-state index is 12.7. The molecule has 158 valence electrons. The third kappa shape index (κ3) is 5.24. The molecule has 2 aromatic rings. The summed E-state index contributed by atoms with van der Waals surface area (Å²) < 4.78 is 5.30. The maximum Gasteiger partial charge on any atom is 0.341 e. The van der Waals surface area contributed by atoms with Crippen LogP contribution < -0.4 is 4.74 Å². The number of hydrogen-bond donors (Lipinski definition) is 2. The largest absolute Gasteiger partial charge is 0.507 e. The number of aliphatic carboxylic acids is 1. The van der Waals surface area contributed by atoms with Crippen molar-refractivity contribution in [2.24, 2.45) is 5.10 Å². The summed E-state index contributed by atoms with van der Waals surface area (Å²) in [6.07, 6.45) is 2.59. The van der Waals surface area contributed by atoms with Gasteiger partial charge in [-0.2, -0.15) is 10.1 Å². The lowest BCUT2D eigenvalue weighted by Gasteiger charge is -2.09. The fourth-order valence-corrected chi connectivity index (χ4v) is 3.61. The number of phenolic OH excluding ortho intramolecular Hbond substituents is 1. The van der Waals surface area contributed by atoms with Gasteiger partial charge in [-0.15, -0.1) is 0 Å². The summed E-state index contributed by atoms with van der Waals surface area (Å²) >= 11 is 6.10. The number of nitrogens with zero attached hydrogens (tertiary/aromatic N) is 3. The van der Waals surface area contributed by atoms with Gasteiger partial charge in [-0.1, -0.05) is 23.9 Å². The average molecular weight is 459 g/mol. The highest BCUT2D eigenvalue weighted by molar-refractivity contribution is 8.26. The monoisotopic (exact) mass is 459 g/mol. The minimum atomic E-state index is -1.14. The van der Waals surface area contributed by atoms with Gasteiger partial charge in [-0.3, -0.25) is 14.9 Å². The molecule has 0 saturated carbocycles. The molecule has 0 atom stereocenters. The summed E-state index contributed by atoms with van der Waals surface area (Å²) in [4.78, 5) is 33.8. The zero-order chi connectivity index (χ0) is 22.5. The molecule has 1 aliphatic heterocycles. The molecule has 1 amide bonds. The highest BCUT2D eigenvalue weighted by atomic mass is 32.2. The number of carboxylic acids is 1. The molecule has 3 rings (SSSR count). The van der Waals surface area contributed by atoms with Gasteiger partial charge in [0.05, 0.1) is 16.0 Å². The summed E-state index contributed by atoms with van der Waals surface area (Å²) in [5, 5.41) is 34.7. The minimum absolute atomic E-state index is 0.0890. The zero-order valence-electron chi connectivity index (χ0n) is 15.5. The molecule has 1 saturated heterocycles. The predicted octanol–water partition coefficient (Wildman–Crippen LogP) is 3.00. The van der Waals surface area contributed by atoms with Gasteiger partial charge < -0.3 is 14.9 Å². The van der Waals surface area contributed by atoms with E-state index in [0.717, 1.165) is 35.0 Å². The number of thioether (sulfide) groups is 1. The van der Waals surface area contributed by atoms with E-state index in [1.165, 1.54) is 12.3 Å². The lowest BCUT2D eigenvalue weighted by atomic mass is 10.1. The van der Waals surface area contributed by atoms with Crippen LogP contribution >= 0.6 is 24.0 Å². The Kier molecular flexibility index (Phi) is 6.62. The van der Waals surface area contributed by atoms with E-state index in [1.807, 2.05) is 0 Å². The summed E-state index contributed by atoms with van der Waals surface area (Å²) in [6, 6.07) is 9.96. The van der Waals surface area contributed by atoms with Crippen molar-refractivity contribution in [3.63, 3.8) is 0 Å². The van der Waals surface area contributed by atoms with Gasteiger partial charge >= 0.3 is 5.97 Å². The number of amides is 1. The van der Waals surface area contributed by atoms with Crippen LogP contribution in [0.2, 0.25) is 0 Å². The molecule has 0 bridgehead atoms. The molecule has 1 heterocycles. The van der Waals surface area contributed by atoms with Crippen LogP contribution in [0.4, 0.5) is 5.69 Å². The van der Waals surface area contributed by atoms with Crippen molar-refractivity contribution in [2.45, 2.75) is 0 Å². The third-order valence-electron chi connectivity index (χ3n) is 3.86. The Bertz CT molecular complexity index is 1150. The first-order valence-electron chi connectivity index (χ1n) is 8.49. The maximum atomic E-state index is 12.7. The number of hydrogen-bond acceptors (Lipinski definition) is 9. The van der Waals surface area contributed by atoms with Gasteiger partial charge in [0.15, 0.2) is 10.9 Å². The van der Waals surface area contributed by atoms with E-state index < -0.39 is 23.4 Å². The molecule has 0 unspecified atom stereocenters. The van der Waals surface area contributed by atoms with E-state index in [4.69, 9.17) is 22.1 Å². The standard InChI is InChI=1S/C19H13N3O7S2/c23-14-6-5-13(22(27)28)7-12(14)8-16-18(26)21(19(30)31-16)20-9-11-3-1-2-4-15(11)29-10-17(24)25/h1-9,23H,10H2,(H,24,25). The quantitative estimate of drug-likeness (QED) is 0.210. The Morgan fingerprint density at radius 1 is 1.29 bits per heavy atom. The normalized spacial score (nSPS) is 15.1. The number of aromatic hydroxyl groups is 1. The number of hydrazone groups is 1. The first kappa shape index (κ1) is 21.9. The molecule has 2 N–H and O–H groups in total. The van der Waals surface area contributed by atoms with Crippen molar-refractivity contribution in [3.05, 3.63) is 68.6 Å². The van der Waals surface area contributed by atoms with Gasteiger partial charge in [-0.25, -0.2) is 4.79 Å². The first-order chi connectivity index (χ1) is 14.8. The number of para-hydroxylation sites is 1. The van der Waals surface area contributed by atoms with E-state index in [2.05, 4.69) is 5.10 Å². The molecule has 1 fully saturated rings. The van der Waals surface area contributed by atoms with E-state index in [-0.39, 0.29) is 32.0 Å². The molecule has 12 heteroatoms. The van der Waals surface area contributed by atoms with E-state index in [9.17, 15) is 24.8 Å². The van der Waals surface area contributed by atoms with E-state index in [0.29, 0.717) is 5.56 Å². The fraction of sp³-hybridized carbons (Fsp3) is 0.0526. The average Bonchev–Trinajstić information content (AvgIpc) is 2.99. The van der Waals surface area contributed by atoms with Crippen molar-refractivity contribution in [3.8, 4) is 11.5 Å². The number of benzene rings is 2. The molecule has 0 spiro atoms. The van der Waals surface area contributed by atoms with Crippen molar-refractivity contribution < 1.29 is 29.5 Å². The van der Waals surface area contributed by atoms with Crippen molar-refractivity contribution in [2.75, 3.05) is 6.61 Å². The molecule has 0 aliphatic carbocycles. The molecule has 31 heavy (non-hydrogen) atoms. The molecular formula is C19H13N3O7S2. The number of ether oxygens (including phenoxy) is 1. The van der Waals surface area contributed by atoms with Crippen LogP contribution in [0.15, 0.2) is 52.5 Å². The van der Waals surface area contributed by atoms with Gasteiger partial charge in [-0.05, 0) is 36.5 Å². The second-order valence-electron chi connectivity index (χ2n) is 5.96. The van der Waals surface area contributed by atoms with Crippen LogP contribution in [0.25, 0.3) is 6.08 Å². The molecular weight excluding hydrogens is 446 g/mol. The zero-order valence-corrected chi connectivity index (χ0v) is 17.1. The second-order valence-corrected chi connectivity index (χ2v) is 7.63. The number of non-ortho nitro benzene ring substituents is 1. The van der Waals surface area contributed by atoms with E-state index >= 15 is 0 Å². The second kappa shape index (κ2) is 9.36. The number of carbonyl (C=O) groups is 2. The number of nitro groups is 1. The van der Waals surface area contributed by atoms with E-state index in [1.54, 1.807) is 24.3 Å². The number of phenols is 1. The van der Waals surface area contributed by atoms with Crippen molar-refractivity contribution >= 4 is 58.2 Å². The Labute approximate surface area is 184 Å². The highest BCUT2D eigenvalue weighted by Crippen LogP contribution is 2.35. The van der Waals surface area contributed by atoms with Crippen molar-refractivity contribution in [1.82, 2.24) is 5.01 Å². The van der Waals surface area contributed by atoms with Crippen molar-refractivity contribution in [1.29, 1.82) is 0 Å². The van der Waals surface area contributed by atoms with Gasteiger partial charge in [0.1, 0.15) is 11.5 Å². The Balaban J connectivity index is 1.84. The molecule has 10 nitrogen and oxygen atoms in total. The van der Waals surface area contributed by atoms with Crippen LogP contribution in [-0.2, 0) is 9.59 Å². The van der Waals surface area contributed by atoms with Gasteiger partial charge in [0.2, 0.25) is 0 Å². The van der Waals surface area contributed by atoms with Crippen LogP contribution in [0, 0.1) is 10.1 Å². The third-order valence-corrected chi connectivity index (χ3v) is 5.15. The minimum Gasteiger partial charge on any atom is -0.507 e. The summed E-state index contributed by atoms with van der Waals surface area (Å²) in [5.74, 6) is -1.70. The topological polar surface area (TPSA) is 143 Å². The number of carboxylic acid groups (broad SMARTS) is 1. The first-order valence-corrected chi connectivity index (χ1v) is 9.71. The smallest absolute Gasteiger partial charge is 0.341 e. The Hall–Kier alpha value is -3.77. The molecule has 0 aromatic heterocycles. The molecule has 1 aliphatic rings. The number of thiocarbonyl (C=S) groups is 1. The number of rotatable bonds is 7. The SMILES string of the molecule is O=C(O)COc1ccccc1C=NN1C(=O)C(=Cc2cc([N+](=O)[O-])ccc2O)SC1=S. The molecule has 2 aromatic carbocycles. The number of nitro benzene ring substituents is 1. The Morgan fingerprint density at radius 3 is 2.74 bits per heavy atom. The summed E-state index contributed by atoms with van der Waals surface area (Å²) in [6.45, 7) is -0.540. The lowest BCUT2D eigenvalue weighted by molar-refractivity contribution is -0.384. The van der Waals surface area contributed by atoms with Crippen LogP contribution in [0.1, 0.15) is 11.1 Å². The lowest BCUT2D eigenvalue weighted by Crippen LogP contribution is -2.22. The summed E-state index contributed by atoms with van der Waals surface area (Å²) in [5.41, 5.74) is 0.278. The fourth-order valence-electron chi connectivity index (χ4n) is 2.45. The predicted molar refractivity (Wildman–Crippen MR) is 117 cm³/mol. The Morgan fingerprint density at radius 2 is 2.03 bits per heavy atom. The number of carbonyl (C=O) groups excluding carboxylic acids is 1. The highest BCUT2D eigenvalue weighted by Gasteiger charge is 2.32. The van der Waals surface area contributed by atoms with Gasteiger partial charge in [0, 0.05) is 23.3 Å². The van der Waals surface area contributed by atoms with Crippen LogP contribution in [0.3, 0.4) is 0 Å². The van der Waals surface area contributed by atoms with Gasteiger partial charge in [0.25, 0.3) is 11.6 Å². The van der Waals surface area contributed by atoms with Crippen LogP contribution in [0.5, 0.6) is 11.5 Å². The van der Waals surface area contributed by atoms with Crippen LogP contribution in [-0.4, -0.2) is 49.2 Å². The summed E-state index contributed by atoms with van der Waals surface area (Å²) in [7, 11) is 0.